The minimum atomic E-state index is -0.300. The van der Waals surface area contributed by atoms with Crippen molar-refractivity contribution in [2.75, 3.05) is 26.4 Å². The van der Waals surface area contributed by atoms with Crippen LogP contribution < -0.4 is 0 Å². The van der Waals surface area contributed by atoms with Crippen LogP contribution in [0.2, 0.25) is 0 Å². The van der Waals surface area contributed by atoms with Gasteiger partial charge in [-0.25, -0.2) is 0 Å². The molecule has 4 heteroatoms. The Balaban J connectivity index is 2.05. The molecular formula is C31H60O4. The maximum atomic E-state index is 10.0. The predicted octanol–water partition coefficient (Wildman–Crippen LogP) is 9.97. The fraction of sp³-hybridized carbons (Fsp3) is 0.935. The van der Waals surface area contributed by atoms with Crippen molar-refractivity contribution in [2.24, 2.45) is 5.41 Å². The molecule has 0 saturated carbocycles. The van der Waals surface area contributed by atoms with Gasteiger partial charge in [0.2, 0.25) is 0 Å². The van der Waals surface area contributed by atoms with Crippen molar-refractivity contribution >= 4 is 0 Å². The van der Waals surface area contributed by atoms with Crippen LogP contribution in [0.3, 0.4) is 0 Å². The molecule has 0 unspecified atom stereocenters. The summed E-state index contributed by atoms with van der Waals surface area (Å²) >= 11 is 0. The van der Waals surface area contributed by atoms with Crippen molar-refractivity contribution in [3.63, 3.8) is 0 Å². The molecule has 208 valence electrons. The van der Waals surface area contributed by atoms with Gasteiger partial charge in [0.25, 0.3) is 0 Å². The van der Waals surface area contributed by atoms with E-state index in [-0.39, 0.29) is 16.9 Å². The Hall–Kier alpha value is -0.740. The van der Waals surface area contributed by atoms with Gasteiger partial charge in [-0.05, 0) is 12.8 Å². The van der Waals surface area contributed by atoms with Crippen molar-refractivity contribution < 1.29 is 19.7 Å². The smallest absolute Gasteiger partial charge is 0.130 e. The van der Waals surface area contributed by atoms with Crippen LogP contribution in [0.25, 0.3) is 0 Å². The first-order valence-corrected chi connectivity index (χ1v) is 15.4. The van der Waals surface area contributed by atoms with E-state index in [2.05, 4.69) is 13.8 Å². The Morgan fingerprint density at radius 1 is 0.486 bits per heavy atom. The van der Waals surface area contributed by atoms with Gasteiger partial charge in [0.15, 0.2) is 0 Å². The van der Waals surface area contributed by atoms with Crippen molar-refractivity contribution in [1.29, 1.82) is 0 Å². The number of aliphatic hydroxyl groups excluding tert-OH is 2. The normalized spacial score (nSPS) is 15.4. The average Bonchev–Trinajstić information content (AvgIpc) is 3.13. The molecule has 0 bridgehead atoms. The van der Waals surface area contributed by atoms with Gasteiger partial charge in [0, 0.05) is 31.5 Å². The standard InChI is InChI=1S/C31H60O4/c1-3-5-7-9-11-13-15-17-19-21-23-34-27-31(25-29(32)30(33)26-31)28-35-24-22-20-18-16-14-12-10-8-6-4-2/h32-33H,3-28H2,1-2H3. The van der Waals surface area contributed by atoms with E-state index < -0.39 is 0 Å². The highest BCUT2D eigenvalue weighted by Crippen LogP contribution is 2.40. The fourth-order valence-corrected chi connectivity index (χ4v) is 5.18. The second-order valence-electron chi connectivity index (χ2n) is 11.2. The molecule has 1 aliphatic rings. The Kier molecular flexibility index (Phi) is 20.7. The van der Waals surface area contributed by atoms with E-state index in [9.17, 15) is 10.2 Å². The van der Waals surface area contributed by atoms with Gasteiger partial charge in [-0.15, -0.1) is 0 Å². The van der Waals surface area contributed by atoms with Crippen molar-refractivity contribution in [1.82, 2.24) is 0 Å². The minimum absolute atomic E-state index is 0.120. The number of ether oxygens (including phenoxy) is 2. The Morgan fingerprint density at radius 3 is 1.09 bits per heavy atom. The van der Waals surface area contributed by atoms with Gasteiger partial charge in [-0.2, -0.15) is 0 Å². The lowest BCUT2D eigenvalue weighted by atomic mass is 9.87. The zero-order valence-electron chi connectivity index (χ0n) is 23.6. The molecule has 2 N–H and O–H groups in total. The summed E-state index contributed by atoms with van der Waals surface area (Å²) in [4.78, 5) is 0. The first-order valence-electron chi connectivity index (χ1n) is 15.4. The second kappa shape index (κ2) is 22.5. The molecule has 35 heavy (non-hydrogen) atoms. The second-order valence-corrected chi connectivity index (χ2v) is 11.2. The van der Waals surface area contributed by atoms with Crippen LogP contribution in [0.1, 0.15) is 155 Å². The van der Waals surface area contributed by atoms with Gasteiger partial charge >= 0.3 is 0 Å². The Labute approximate surface area is 218 Å². The topological polar surface area (TPSA) is 58.9 Å². The molecule has 0 aromatic heterocycles. The molecule has 0 atom stereocenters. The summed E-state index contributed by atoms with van der Waals surface area (Å²) in [5.74, 6) is 0.241. The average molecular weight is 497 g/mol. The molecule has 0 aromatic carbocycles. The highest BCUT2D eigenvalue weighted by atomic mass is 16.5. The van der Waals surface area contributed by atoms with Gasteiger partial charge < -0.3 is 19.7 Å². The first-order chi connectivity index (χ1) is 17.1. The van der Waals surface area contributed by atoms with E-state index in [0.717, 1.165) is 26.1 Å². The van der Waals surface area contributed by atoms with Crippen LogP contribution in [0.15, 0.2) is 11.5 Å². The molecule has 1 aliphatic carbocycles. The van der Waals surface area contributed by atoms with Crippen LogP contribution in [0, 0.1) is 5.41 Å². The maximum absolute atomic E-state index is 10.0. The third-order valence-electron chi connectivity index (χ3n) is 7.52. The van der Waals surface area contributed by atoms with E-state index in [4.69, 9.17) is 9.47 Å². The quantitative estimate of drug-likeness (QED) is 0.117. The Bertz CT molecular complexity index is 458. The van der Waals surface area contributed by atoms with Gasteiger partial charge in [-0.1, -0.05) is 129 Å². The minimum Gasteiger partial charge on any atom is -0.509 e. The molecule has 0 amide bonds. The summed E-state index contributed by atoms with van der Waals surface area (Å²) in [6.07, 6.45) is 27.4. The van der Waals surface area contributed by atoms with E-state index in [1.54, 1.807) is 0 Å². The highest BCUT2D eigenvalue weighted by molar-refractivity contribution is 5.13. The lowest BCUT2D eigenvalue weighted by Gasteiger charge is -2.28. The number of aliphatic hydroxyl groups is 2. The van der Waals surface area contributed by atoms with Crippen molar-refractivity contribution in [2.45, 2.75) is 155 Å². The fourth-order valence-electron chi connectivity index (χ4n) is 5.18. The molecule has 0 fully saturated rings. The van der Waals surface area contributed by atoms with Crippen LogP contribution >= 0.6 is 0 Å². The van der Waals surface area contributed by atoms with Crippen LogP contribution in [0.5, 0.6) is 0 Å². The SMILES string of the molecule is CCCCCCCCCCCCOCC1(COCCCCCCCCCCCC)CC(O)=C(O)C1. The lowest BCUT2D eigenvalue weighted by molar-refractivity contribution is -0.0238. The van der Waals surface area contributed by atoms with Crippen LogP contribution in [-0.2, 0) is 9.47 Å². The van der Waals surface area contributed by atoms with E-state index in [1.165, 1.54) is 116 Å². The zero-order chi connectivity index (χ0) is 25.5. The molecule has 0 aromatic rings. The van der Waals surface area contributed by atoms with Crippen LogP contribution in [-0.4, -0.2) is 36.6 Å². The molecule has 1 rings (SSSR count). The summed E-state index contributed by atoms with van der Waals surface area (Å²) in [5, 5.41) is 20.1. The number of hydrogen-bond acceptors (Lipinski definition) is 4. The molecule has 0 spiro atoms. The highest BCUT2D eigenvalue weighted by Gasteiger charge is 2.40. The molecule has 0 heterocycles. The molecule has 0 saturated heterocycles. The third kappa shape index (κ3) is 17.4. The van der Waals surface area contributed by atoms with Crippen molar-refractivity contribution in [3.05, 3.63) is 11.5 Å². The Morgan fingerprint density at radius 2 is 0.771 bits per heavy atom. The van der Waals surface area contributed by atoms with Crippen molar-refractivity contribution in [3.8, 4) is 0 Å². The van der Waals surface area contributed by atoms with Gasteiger partial charge in [0.05, 0.1) is 13.2 Å². The summed E-state index contributed by atoms with van der Waals surface area (Å²) in [7, 11) is 0. The van der Waals surface area contributed by atoms with Gasteiger partial charge in [-0.3, -0.25) is 0 Å². The largest absolute Gasteiger partial charge is 0.509 e. The number of unbranched alkanes of at least 4 members (excludes halogenated alkanes) is 18. The monoisotopic (exact) mass is 496 g/mol. The molecule has 0 radical (unpaired) electrons. The summed E-state index contributed by atoms with van der Waals surface area (Å²) < 4.78 is 12.0. The van der Waals surface area contributed by atoms with E-state index >= 15 is 0 Å². The van der Waals surface area contributed by atoms with Crippen LogP contribution in [0.4, 0.5) is 0 Å². The van der Waals surface area contributed by atoms with E-state index in [0.29, 0.717) is 26.1 Å². The molecular weight excluding hydrogens is 436 g/mol. The zero-order valence-corrected chi connectivity index (χ0v) is 23.6. The first kappa shape index (κ1) is 32.3. The summed E-state index contributed by atoms with van der Waals surface area (Å²) in [6.45, 7) is 7.17. The van der Waals surface area contributed by atoms with Gasteiger partial charge in [0.1, 0.15) is 11.5 Å². The number of hydrogen-bond donors (Lipinski definition) is 2. The number of rotatable bonds is 26. The number of allylic oxidation sites excluding steroid dienone is 2. The summed E-state index contributed by atoms with van der Waals surface area (Å²) in [5.41, 5.74) is -0.300. The predicted molar refractivity (Wildman–Crippen MR) is 149 cm³/mol. The molecule has 0 aliphatic heterocycles. The third-order valence-corrected chi connectivity index (χ3v) is 7.52. The maximum Gasteiger partial charge on any atom is 0.130 e. The van der Waals surface area contributed by atoms with E-state index in [1.807, 2.05) is 0 Å². The molecule has 4 nitrogen and oxygen atoms in total. The lowest BCUT2D eigenvalue weighted by Crippen LogP contribution is -2.31. The summed E-state index contributed by atoms with van der Waals surface area (Å²) in [6, 6.07) is 0.